The Bertz CT molecular complexity index is 325. The van der Waals surface area contributed by atoms with Crippen molar-refractivity contribution >= 4 is 5.97 Å². The number of ether oxygens (including phenoxy) is 1. The molecular formula is C11H13NaO3. The van der Waals surface area contributed by atoms with Crippen molar-refractivity contribution < 1.29 is 44.2 Å². The molecule has 0 aromatic heterocycles. The summed E-state index contributed by atoms with van der Waals surface area (Å²) in [6.45, 7) is 3.71. The maximum absolute atomic E-state index is 11.4. The van der Waals surface area contributed by atoms with Gasteiger partial charge in [0.15, 0.2) is 0 Å². The molecule has 1 aromatic rings. The molecule has 0 fully saturated rings. The molecule has 0 saturated heterocycles. The third-order valence-electron chi connectivity index (χ3n) is 1.99. The molecular weight excluding hydrogens is 203 g/mol. The predicted octanol–water partition coefficient (Wildman–Crippen LogP) is -1.28. The molecule has 0 aliphatic heterocycles. The van der Waals surface area contributed by atoms with Crippen LogP contribution in [0.5, 0.6) is 5.75 Å². The van der Waals surface area contributed by atoms with E-state index in [1.807, 2.05) is 6.92 Å². The van der Waals surface area contributed by atoms with E-state index in [0.717, 1.165) is 6.42 Å². The average Bonchev–Trinajstić information content (AvgIpc) is 2.18. The third-order valence-corrected chi connectivity index (χ3v) is 1.99. The maximum Gasteiger partial charge on any atom is 1.00 e. The van der Waals surface area contributed by atoms with Gasteiger partial charge in [0.1, 0.15) is 0 Å². The van der Waals surface area contributed by atoms with Gasteiger partial charge >= 0.3 is 35.5 Å². The Morgan fingerprint density at radius 2 is 2.07 bits per heavy atom. The van der Waals surface area contributed by atoms with Crippen LogP contribution in [0, 0.1) is 0 Å². The van der Waals surface area contributed by atoms with Crippen LogP contribution < -0.4 is 34.7 Å². The molecule has 0 aliphatic carbocycles. The number of carbonyl (C=O) groups is 1. The van der Waals surface area contributed by atoms with E-state index in [1.165, 1.54) is 12.1 Å². The fraction of sp³-hybridized carbons (Fsp3) is 0.364. The molecule has 0 aliphatic rings. The van der Waals surface area contributed by atoms with Crippen molar-refractivity contribution in [3.63, 3.8) is 0 Å². The molecule has 1 atom stereocenters. The molecule has 76 valence electrons. The fourth-order valence-corrected chi connectivity index (χ4v) is 0.965. The minimum atomic E-state index is -0.537. The van der Waals surface area contributed by atoms with Gasteiger partial charge in [-0.2, -0.15) is 0 Å². The van der Waals surface area contributed by atoms with Gasteiger partial charge in [0.05, 0.1) is 11.7 Å². The van der Waals surface area contributed by atoms with E-state index in [1.54, 1.807) is 19.1 Å². The van der Waals surface area contributed by atoms with Gasteiger partial charge in [-0.15, -0.1) is 0 Å². The normalized spacial score (nSPS) is 11.3. The smallest absolute Gasteiger partial charge is 0.872 e. The van der Waals surface area contributed by atoms with Gasteiger partial charge in [0, 0.05) is 0 Å². The van der Waals surface area contributed by atoms with Crippen molar-refractivity contribution in [3.05, 3.63) is 29.8 Å². The van der Waals surface area contributed by atoms with Crippen LogP contribution in [0.1, 0.15) is 30.6 Å². The van der Waals surface area contributed by atoms with Crippen molar-refractivity contribution in [3.8, 4) is 5.75 Å². The number of carbonyl (C=O) groups excluding carboxylic acids is 1. The summed E-state index contributed by atoms with van der Waals surface area (Å²) in [5.74, 6) is -0.828. The molecule has 0 spiro atoms. The van der Waals surface area contributed by atoms with E-state index in [-0.39, 0.29) is 47.0 Å². The second kappa shape index (κ2) is 6.88. The van der Waals surface area contributed by atoms with Crippen molar-refractivity contribution in [1.82, 2.24) is 0 Å². The zero-order chi connectivity index (χ0) is 10.6. The molecule has 0 amide bonds. The minimum Gasteiger partial charge on any atom is -0.872 e. The van der Waals surface area contributed by atoms with Crippen LogP contribution in [0.25, 0.3) is 0 Å². The zero-order valence-electron chi connectivity index (χ0n) is 9.32. The Morgan fingerprint density at radius 3 is 2.60 bits per heavy atom. The van der Waals surface area contributed by atoms with Crippen LogP contribution >= 0.6 is 0 Å². The number of rotatable bonds is 3. The Balaban J connectivity index is 0.00000196. The Hall–Kier alpha value is -0.510. The van der Waals surface area contributed by atoms with Gasteiger partial charge in [0.2, 0.25) is 0 Å². The number of benzene rings is 1. The second-order valence-electron chi connectivity index (χ2n) is 3.12. The quantitative estimate of drug-likeness (QED) is 0.467. The molecule has 1 aromatic carbocycles. The topological polar surface area (TPSA) is 49.4 Å². The molecule has 0 N–H and O–H groups in total. The van der Waals surface area contributed by atoms with Gasteiger partial charge in [-0.3, -0.25) is 0 Å². The number of hydrogen-bond donors (Lipinski definition) is 0. The maximum atomic E-state index is 11.4. The van der Waals surface area contributed by atoms with Crippen molar-refractivity contribution in [2.24, 2.45) is 0 Å². The Kier molecular flexibility index (Phi) is 6.65. The summed E-state index contributed by atoms with van der Waals surface area (Å²) in [6.07, 6.45) is 0.592. The number of esters is 1. The Morgan fingerprint density at radius 1 is 1.47 bits per heavy atom. The summed E-state index contributed by atoms with van der Waals surface area (Å²) in [5, 5.41) is 11.2. The zero-order valence-corrected chi connectivity index (χ0v) is 11.3. The summed E-state index contributed by atoms with van der Waals surface area (Å²) < 4.78 is 5.03. The van der Waals surface area contributed by atoms with Gasteiger partial charge in [0.25, 0.3) is 0 Å². The number of hydrogen-bond acceptors (Lipinski definition) is 3. The number of para-hydroxylation sites is 1. The van der Waals surface area contributed by atoms with Crippen molar-refractivity contribution in [2.75, 3.05) is 0 Å². The van der Waals surface area contributed by atoms with E-state index in [0.29, 0.717) is 0 Å². The van der Waals surface area contributed by atoms with E-state index in [2.05, 4.69) is 0 Å². The average molecular weight is 216 g/mol. The first-order valence-corrected chi connectivity index (χ1v) is 4.62. The monoisotopic (exact) mass is 216 g/mol. The van der Waals surface area contributed by atoms with Crippen LogP contribution in [0.4, 0.5) is 0 Å². The van der Waals surface area contributed by atoms with E-state index >= 15 is 0 Å². The van der Waals surface area contributed by atoms with Gasteiger partial charge in [-0.05, 0) is 19.4 Å². The first kappa shape index (κ1) is 14.5. The fourth-order valence-electron chi connectivity index (χ4n) is 0.965. The van der Waals surface area contributed by atoms with Gasteiger partial charge < -0.3 is 9.84 Å². The van der Waals surface area contributed by atoms with Gasteiger partial charge in [-0.1, -0.05) is 30.9 Å². The predicted molar refractivity (Wildman–Crippen MR) is 51.1 cm³/mol. The molecule has 4 heteroatoms. The second-order valence-corrected chi connectivity index (χ2v) is 3.12. The van der Waals surface area contributed by atoms with E-state index in [4.69, 9.17) is 4.74 Å². The van der Waals surface area contributed by atoms with E-state index in [9.17, 15) is 9.90 Å². The van der Waals surface area contributed by atoms with E-state index < -0.39 is 5.97 Å². The molecule has 0 bridgehead atoms. The van der Waals surface area contributed by atoms with Crippen LogP contribution in [-0.2, 0) is 4.74 Å². The largest absolute Gasteiger partial charge is 1.00 e. The third kappa shape index (κ3) is 4.24. The van der Waals surface area contributed by atoms with Crippen molar-refractivity contribution in [1.29, 1.82) is 0 Å². The van der Waals surface area contributed by atoms with Crippen molar-refractivity contribution in [2.45, 2.75) is 26.4 Å². The molecule has 3 nitrogen and oxygen atoms in total. The molecule has 0 heterocycles. The van der Waals surface area contributed by atoms with Gasteiger partial charge in [-0.25, -0.2) is 4.79 Å². The summed E-state index contributed by atoms with van der Waals surface area (Å²) in [5.41, 5.74) is 0.104. The first-order chi connectivity index (χ1) is 6.65. The summed E-state index contributed by atoms with van der Waals surface area (Å²) in [4.78, 5) is 11.4. The summed E-state index contributed by atoms with van der Waals surface area (Å²) in [6, 6.07) is 6.08. The SMILES string of the molecule is CCC(C)OC(=O)c1ccccc1[O-].[Na+]. The van der Waals surface area contributed by atoms with Crippen LogP contribution in [-0.4, -0.2) is 12.1 Å². The van der Waals surface area contributed by atoms with Crippen LogP contribution in [0.2, 0.25) is 0 Å². The molecule has 0 saturated carbocycles. The Labute approximate surface area is 112 Å². The molecule has 0 radical (unpaired) electrons. The molecule has 15 heavy (non-hydrogen) atoms. The van der Waals surface area contributed by atoms with Crippen LogP contribution in [0.3, 0.4) is 0 Å². The standard InChI is InChI=1S/C11H14O3.Na/c1-3-8(2)14-11(13)9-6-4-5-7-10(9)12;/h4-8,12H,3H2,1-2H3;/q;+1/p-1. The molecule has 1 rings (SSSR count). The molecule has 1 unspecified atom stereocenters. The summed E-state index contributed by atoms with van der Waals surface area (Å²) >= 11 is 0. The minimum absolute atomic E-state index is 0. The summed E-state index contributed by atoms with van der Waals surface area (Å²) in [7, 11) is 0. The van der Waals surface area contributed by atoms with Crippen LogP contribution in [0.15, 0.2) is 24.3 Å². The first-order valence-electron chi connectivity index (χ1n) is 4.62.